The van der Waals surface area contributed by atoms with Crippen molar-refractivity contribution in [3.8, 4) is 5.75 Å². The van der Waals surface area contributed by atoms with Gasteiger partial charge in [0.15, 0.2) is 5.75 Å². The molecule has 0 radical (unpaired) electrons. The molecule has 1 aromatic carbocycles. The predicted molar refractivity (Wildman–Crippen MR) is 163 cm³/mol. The molecule has 236 valence electrons. The third kappa shape index (κ3) is 11.1. The molecule has 14 heteroatoms. The van der Waals surface area contributed by atoms with Crippen molar-refractivity contribution < 1.29 is 61.6 Å². The number of nitrogens with zero attached hydrogens (tertiary/aromatic N) is 3. The molecular formula is C30H42N5NaO7S. The Morgan fingerprint density at radius 1 is 0.818 bits per heavy atom. The van der Waals surface area contributed by atoms with Gasteiger partial charge in [0.25, 0.3) is 11.8 Å². The SMILES string of the molecule is C1CNCCN1.CCCCN1C(=O)C(=C/C=C/C=C2\Oc3ccccc3N2CCCS(=O)(=O)[O-])C(=O)N(CCCC)C1=O.[Na+]. The van der Waals surface area contributed by atoms with E-state index in [0.717, 1.165) is 54.5 Å². The van der Waals surface area contributed by atoms with E-state index in [-0.39, 0.29) is 61.2 Å². The number of hydrogen-bond donors (Lipinski definition) is 2. The van der Waals surface area contributed by atoms with Crippen molar-refractivity contribution in [1.82, 2.24) is 20.4 Å². The fourth-order valence-corrected chi connectivity index (χ4v) is 5.05. The number of barbiturate groups is 1. The van der Waals surface area contributed by atoms with Crippen molar-refractivity contribution in [2.45, 2.75) is 46.0 Å². The summed E-state index contributed by atoms with van der Waals surface area (Å²) < 4.78 is 38.9. The zero-order chi connectivity index (χ0) is 31.2. The van der Waals surface area contributed by atoms with E-state index in [1.54, 1.807) is 29.2 Å². The number of urea groups is 1. The minimum atomic E-state index is -4.33. The first-order valence-corrected chi connectivity index (χ1v) is 16.4. The second kappa shape index (κ2) is 19.1. The van der Waals surface area contributed by atoms with Crippen LogP contribution in [0.25, 0.3) is 0 Å². The van der Waals surface area contributed by atoms with Crippen LogP contribution in [0.2, 0.25) is 0 Å². The molecular weight excluding hydrogens is 597 g/mol. The second-order valence-electron chi connectivity index (χ2n) is 10.2. The average Bonchev–Trinajstić information content (AvgIpc) is 3.34. The Kier molecular flexibility index (Phi) is 16.3. The van der Waals surface area contributed by atoms with Gasteiger partial charge >= 0.3 is 35.6 Å². The number of anilines is 1. The molecule has 2 fully saturated rings. The molecule has 0 aromatic heterocycles. The third-order valence-corrected chi connectivity index (χ3v) is 7.65. The Balaban J connectivity index is 0.000000859. The van der Waals surface area contributed by atoms with Crippen molar-refractivity contribution >= 4 is 33.7 Å². The summed E-state index contributed by atoms with van der Waals surface area (Å²) in [6.07, 6.45) is 9.13. The maximum Gasteiger partial charge on any atom is 1.00 e. The first-order valence-electron chi connectivity index (χ1n) is 14.8. The van der Waals surface area contributed by atoms with Crippen LogP contribution in [-0.4, -0.2) is 92.2 Å². The summed E-state index contributed by atoms with van der Waals surface area (Å²) in [5.41, 5.74) is 0.646. The average molecular weight is 640 g/mol. The number of unbranched alkanes of at least 4 members (excludes halogenated alkanes) is 2. The zero-order valence-corrected chi connectivity index (χ0v) is 28.7. The Morgan fingerprint density at radius 3 is 1.86 bits per heavy atom. The number of ether oxygens (including phenoxy) is 1. The molecule has 4 amide bonds. The minimum absolute atomic E-state index is 0. The number of allylic oxidation sites excluding steroid dienone is 4. The summed E-state index contributed by atoms with van der Waals surface area (Å²) in [6.45, 7) is 9.21. The number of hydrogen-bond acceptors (Lipinski definition) is 10. The van der Waals surface area contributed by atoms with Crippen LogP contribution < -0.4 is 49.8 Å². The summed E-state index contributed by atoms with van der Waals surface area (Å²) in [5.74, 6) is -0.728. The quantitative estimate of drug-likeness (QED) is 0.135. The van der Waals surface area contributed by atoms with E-state index >= 15 is 0 Å². The molecule has 3 aliphatic rings. The van der Waals surface area contributed by atoms with Crippen LogP contribution in [0.15, 0.2) is 60.0 Å². The maximum absolute atomic E-state index is 13.0. The fourth-order valence-electron chi connectivity index (χ4n) is 4.57. The largest absolute Gasteiger partial charge is 1.00 e. The number of rotatable bonds is 12. The van der Waals surface area contributed by atoms with Crippen molar-refractivity contribution in [2.24, 2.45) is 0 Å². The Hall–Kier alpha value is -2.52. The molecule has 0 bridgehead atoms. The van der Waals surface area contributed by atoms with Gasteiger partial charge in [0.2, 0.25) is 5.88 Å². The summed E-state index contributed by atoms with van der Waals surface area (Å²) in [5, 5.41) is 6.44. The van der Waals surface area contributed by atoms with E-state index in [4.69, 9.17) is 4.74 Å². The van der Waals surface area contributed by atoms with Gasteiger partial charge in [-0.15, -0.1) is 0 Å². The van der Waals surface area contributed by atoms with Gasteiger partial charge in [0.05, 0.1) is 15.8 Å². The van der Waals surface area contributed by atoms with Crippen molar-refractivity contribution in [2.75, 3.05) is 56.5 Å². The van der Waals surface area contributed by atoms with Crippen LogP contribution in [-0.2, 0) is 19.7 Å². The number of carbonyl (C=O) groups is 3. The smallest absolute Gasteiger partial charge is 0.748 e. The van der Waals surface area contributed by atoms with E-state index in [2.05, 4.69) is 10.6 Å². The van der Waals surface area contributed by atoms with Gasteiger partial charge in [-0.1, -0.05) is 51.0 Å². The molecule has 0 saturated carbocycles. The minimum Gasteiger partial charge on any atom is -0.748 e. The van der Waals surface area contributed by atoms with Gasteiger partial charge in [-0.3, -0.25) is 19.4 Å². The van der Waals surface area contributed by atoms with Gasteiger partial charge in [0, 0.05) is 51.6 Å². The van der Waals surface area contributed by atoms with Crippen LogP contribution in [0.1, 0.15) is 46.0 Å². The molecule has 4 rings (SSSR count). The van der Waals surface area contributed by atoms with E-state index in [1.807, 2.05) is 26.0 Å². The number of carbonyl (C=O) groups excluding carboxylic acids is 3. The Labute approximate surface area is 282 Å². The number of imide groups is 2. The van der Waals surface area contributed by atoms with E-state index < -0.39 is 33.7 Å². The Bertz CT molecular complexity index is 1290. The zero-order valence-electron chi connectivity index (χ0n) is 25.9. The van der Waals surface area contributed by atoms with Gasteiger partial charge in [-0.2, -0.15) is 0 Å². The number of nitrogens with one attached hydrogen (secondary N) is 2. The molecule has 0 unspecified atom stereocenters. The van der Waals surface area contributed by atoms with E-state index in [0.29, 0.717) is 24.5 Å². The summed E-state index contributed by atoms with van der Waals surface area (Å²) in [6, 6.07) is 6.63. The van der Waals surface area contributed by atoms with Gasteiger partial charge in [-0.25, -0.2) is 13.2 Å². The fraction of sp³-hybridized carbons (Fsp3) is 0.500. The molecule has 0 atom stereocenters. The van der Waals surface area contributed by atoms with Crippen LogP contribution in [0, 0.1) is 0 Å². The topological polar surface area (TPSA) is 151 Å². The molecule has 44 heavy (non-hydrogen) atoms. The number of fused-ring (bicyclic) bond motifs is 1. The number of piperazine rings is 1. The van der Waals surface area contributed by atoms with Crippen molar-refractivity contribution in [3.05, 3.63) is 60.0 Å². The molecule has 0 spiro atoms. The van der Waals surface area contributed by atoms with E-state index in [9.17, 15) is 27.4 Å². The van der Waals surface area contributed by atoms with Crippen LogP contribution in [0.5, 0.6) is 5.75 Å². The first kappa shape index (κ1) is 37.7. The number of benzene rings is 1. The number of amides is 4. The summed E-state index contributed by atoms with van der Waals surface area (Å²) in [4.78, 5) is 42.7. The van der Waals surface area contributed by atoms with Crippen LogP contribution in [0.3, 0.4) is 0 Å². The normalized spacial score (nSPS) is 17.8. The molecule has 1 aromatic rings. The van der Waals surface area contributed by atoms with Crippen molar-refractivity contribution in [1.29, 1.82) is 0 Å². The molecule has 3 aliphatic heterocycles. The second-order valence-corrected chi connectivity index (χ2v) is 11.7. The van der Waals surface area contributed by atoms with Crippen molar-refractivity contribution in [3.63, 3.8) is 0 Å². The molecule has 12 nitrogen and oxygen atoms in total. The predicted octanol–water partition coefficient (Wildman–Crippen LogP) is -0.281. The van der Waals surface area contributed by atoms with Gasteiger partial charge in [-0.05, 0) is 43.5 Å². The monoisotopic (exact) mass is 639 g/mol. The van der Waals surface area contributed by atoms with Crippen LogP contribution >= 0.6 is 0 Å². The maximum atomic E-state index is 13.0. The Morgan fingerprint density at radius 2 is 1.34 bits per heavy atom. The number of para-hydroxylation sites is 2. The standard InChI is InChI=1S/C26H33N3O7S.C4H10N2.Na/c1-3-5-16-28-24(30)20(25(31)29(26(28)32)17-6-4-2)12-7-10-15-23-27(18-11-19-37(33,34)35)21-13-8-9-14-22(21)36-23;1-2-6-4-3-5-1;/h7-10,12-15H,3-6,11,16-19H2,1-2H3,(H,33,34,35);5-6H,1-4H2;/q;;+1/p-1/b10-7+,23-15-;;. The third-order valence-electron chi connectivity index (χ3n) is 6.87. The van der Waals surface area contributed by atoms with E-state index in [1.165, 1.54) is 12.2 Å². The molecule has 3 heterocycles. The first-order chi connectivity index (χ1) is 20.7. The van der Waals surface area contributed by atoms with Gasteiger partial charge in [0.1, 0.15) is 5.57 Å². The van der Waals surface area contributed by atoms with Crippen LogP contribution in [0.4, 0.5) is 10.5 Å². The summed E-state index contributed by atoms with van der Waals surface area (Å²) >= 11 is 0. The molecule has 2 saturated heterocycles. The van der Waals surface area contributed by atoms with Gasteiger partial charge < -0.3 is 24.8 Å². The summed E-state index contributed by atoms with van der Waals surface area (Å²) in [7, 11) is -4.33. The molecule has 2 N–H and O–H groups in total. The molecule has 0 aliphatic carbocycles.